The van der Waals surface area contributed by atoms with Gasteiger partial charge >= 0.3 is 5.97 Å². The minimum Gasteiger partial charge on any atom is -0.478 e. The van der Waals surface area contributed by atoms with Crippen molar-refractivity contribution in [3.8, 4) is 11.3 Å². The molecule has 0 aliphatic carbocycles. The van der Waals surface area contributed by atoms with Crippen LogP contribution in [-0.4, -0.2) is 46.8 Å². The van der Waals surface area contributed by atoms with Crippen LogP contribution in [0.2, 0.25) is 0 Å². The Morgan fingerprint density at radius 3 is 2.67 bits per heavy atom. The number of carboxylic acids is 1. The van der Waals surface area contributed by atoms with E-state index in [0.29, 0.717) is 42.3 Å². The van der Waals surface area contributed by atoms with Crippen LogP contribution in [0.4, 0.5) is 10.2 Å². The van der Waals surface area contributed by atoms with Crippen molar-refractivity contribution in [1.29, 1.82) is 0 Å². The summed E-state index contributed by atoms with van der Waals surface area (Å²) in [6, 6.07) is 10.9. The van der Waals surface area contributed by atoms with Crippen molar-refractivity contribution in [2.24, 2.45) is 0 Å². The first-order chi connectivity index (χ1) is 13.0. The lowest BCUT2D eigenvalue weighted by Gasteiger charge is -2.35. The van der Waals surface area contributed by atoms with E-state index >= 15 is 0 Å². The molecule has 0 radical (unpaired) electrons. The highest BCUT2D eigenvalue weighted by Gasteiger charge is 2.25. The van der Waals surface area contributed by atoms with E-state index in [-0.39, 0.29) is 17.4 Å². The first-order valence-electron chi connectivity index (χ1n) is 8.68. The highest BCUT2D eigenvalue weighted by molar-refractivity contribution is 5.93. The van der Waals surface area contributed by atoms with Crippen LogP contribution in [0.5, 0.6) is 0 Å². The van der Waals surface area contributed by atoms with Crippen molar-refractivity contribution < 1.29 is 19.0 Å². The molecule has 2 heterocycles. The number of carboxylic acid groups (broad SMARTS) is 1. The Kier molecular flexibility index (Phi) is 4.45. The number of aromatic carboxylic acids is 1. The fraction of sp³-hybridized carbons (Fsp3) is 0.250. The maximum absolute atomic E-state index is 13.4. The largest absolute Gasteiger partial charge is 0.478 e. The molecule has 1 aliphatic heterocycles. The van der Waals surface area contributed by atoms with Crippen LogP contribution in [-0.2, 0) is 4.74 Å². The van der Waals surface area contributed by atoms with Gasteiger partial charge in [-0.2, -0.15) is 0 Å². The lowest BCUT2D eigenvalue weighted by atomic mass is 10.1. The minimum absolute atomic E-state index is 0.0901. The summed E-state index contributed by atoms with van der Waals surface area (Å²) in [5.41, 5.74) is 2.65. The Hall–Kier alpha value is -3.06. The monoisotopic (exact) mass is 367 g/mol. The Morgan fingerprint density at radius 1 is 1.19 bits per heavy atom. The number of halogens is 1. The number of anilines is 1. The van der Waals surface area contributed by atoms with Crippen molar-refractivity contribution in [2.45, 2.75) is 13.0 Å². The predicted molar refractivity (Wildman–Crippen MR) is 99.5 cm³/mol. The van der Waals surface area contributed by atoms with Gasteiger partial charge in [-0.25, -0.2) is 19.2 Å². The number of fused-ring (bicyclic) bond motifs is 1. The molecule has 7 heteroatoms. The molecule has 3 aromatic rings. The van der Waals surface area contributed by atoms with Crippen LogP contribution < -0.4 is 4.90 Å². The second-order valence-corrected chi connectivity index (χ2v) is 6.53. The molecule has 4 rings (SSSR count). The lowest BCUT2D eigenvalue weighted by Crippen LogP contribution is -2.44. The Labute approximate surface area is 155 Å². The maximum Gasteiger partial charge on any atom is 0.335 e. The second kappa shape index (κ2) is 6.92. The zero-order valence-electron chi connectivity index (χ0n) is 14.7. The molecule has 1 unspecified atom stereocenters. The minimum atomic E-state index is -1.01. The molecule has 2 aromatic carbocycles. The van der Waals surface area contributed by atoms with E-state index in [2.05, 4.69) is 4.90 Å². The molecule has 1 aliphatic rings. The summed E-state index contributed by atoms with van der Waals surface area (Å²) in [6.45, 7) is 3.82. The molecule has 0 saturated carbocycles. The number of carbonyl (C=O) groups is 1. The van der Waals surface area contributed by atoms with E-state index in [4.69, 9.17) is 14.7 Å². The zero-order chi connectivity index (χ0) is 19.0. The van der Waals surface area contributed by atoms with Gasteiger partial charge in [-0.1, -0.05) is 0 Å². The van der Waals surface area contributed by atoms with Crippen LogP contribution in [0, 0.1) is 5.82 Å². The van der Waals surface area contributed by atoms with Crippen LogP contribution in [0.15, 0.2) is 42.5 Å². The molecule has 27 heavy (non-hydrogen) atoms. The summed E-state index contributed by atoms with van der Waals surface area (Å²) in [7, 11) is 0. The summed E-state index contributed by atoms with van der Waals surface area (Å²) in [5, 5.41) is 9.25. The van der Waals surface area contributed by atoms with E-state index in [1.54, 1.807) is 18.2 Å². The third kappa shape index (κ3) is 3.33. The smallest absolute Gasteiger partial charge is 0.335 e. The Morgan fingerprint density at radius 2 is 1.96 bits per heavy atom. The summed E-state index contributed by atoms with van der Waals surface area (Å²) < 4.78 is 18.9. The SMILES string of the molecule is CC1COCCN1c1nc2cc(C(=O)O)ccc2nc1-c1ccc(F)cc1. The first-order valence-corrected chi connectivity index (χ1v) is 8.68. The lowest BCUT2D eigenvalue weighted by molar-refractivity contribution is 0.0697. The van der Waals surface area contributed by atoms with Gasteiger partial charge in [-0.15, -0.1) is 0 Å². The highest BCUT2D eigenvalue weighted by atomic mass is 19.1. The molecule has 6 nitrogen and oxygen atoms in total. The van der Waals surface area contributed by atoms with Crippen LogP contribution in [0.1, 0.15) is 17.3 Å². The van der Waals surface area contributed by atoms with Gasteiger partial charge in [-0.3, -0.25) is 0 Å². The topological polar surface area (TPSA) is 75.5 Å². The Balaban J connectivity index is 1.93. The number of benzene rings is 2. The third-order valence-corrected chi connectivity index (χ3v) is 4.65. The molecule has 0 spiro atoms. The average molecular weight is 367 g/mol. The molecule has 1 saturated heterocycles. The van der Waals surface area contributed by atoms with Gasteiger partial charge in [0.25, 0.3) is 0 Å². The van der Waals surface area contributed by atoms with Gasteiger partial charge in [0.1, 0.15) is 11.5 Å². The molecule has 1 fully saturated rings. The maximum atomic E-state index is 13.4. The van der Waals surface area contributed by atoms with Crippen LogP contribution >= 0.6 is 0 Å². The van der Waals surface area contributed by atoms with Gasteiger partial charge in [0.05, 0.1) is 35.9 Å². The third-order valence-electron chi connectivity index (χ3n) is 4.65. The number of aromatic nitrogens is 2. The molecule has 0 amide bonds. The number of hydrogen-bond acceptors (Lipinski definition) is 5. The fourth-order valence-electron chi connectivity index (χ4n) is 3.22. The van der Waals surface area contributed by atoms with Gasteiger partial charge in [-0.05, 0) is 49.4 Å². The fourth-order valence-corrected chi connectivity index (χ4v) is 3.22. The number of hydrogen-bond donors (Lipinski definition) is 1. The molecule has 1 N–H and O–H groups in total. The van der Waals surface area contributed by atoms with Gasteiger partial charge in [0, 0.05) is 12.1 Å². The predicted octanol–water partition coefficient (Wildman–Crippen LogP) is 3.36. The van der Waals surface area contributed by atoms with Crippen molar-refractivity contribution in [3.63, 3.8) is 0 Å². The van der Waals surface area contributed by atoms with Crippen molar-refractivity contribution in [1.82, 2.24) is 9.97 Å². The molecular formula is C20H18FN3O3. The van der Waals surface area contributed by atoms with Crippen molar-refractivity contribution in [3.05, 3.63) is 53.8 Å². The van der Waals surface area contributed by atoms with Gasteiger partial charge < -0.3 is 14.7 Å². The summed E-state index contributed by atoms with van der Waals surface area (Å²) in [5.74, 6) is -0.685. The summed E-state index contributed by atoms with van der Waals surface area (Å²) in [6.07, 6.45) is 0. The van der Waals surface area contributed by atoms with Crippen molar-refractivity contribution >= 4 is 22.8 Å². The van der Waals surface area contributed by atoms with E-state index < -0.39 is 5.97 Å². The number of morpholine rings is 1. The van der Waals surface area contributed by atoms with Crippen LogP contribution in [0.3, 0.4) is 0 Å². The van der Waals surface area contributed by atoms with Gasteiger partial charge in [0.2, 0.25) is 0 Å². The van der Waals surface area contributed by atoms with Crippen LogP contribution in [0.25, 0.3) is 22.3 Å². The molecule has 1 aromatic heterocycles. The van der Waals surface area contributed by atoms with E-state index in [1.165, 1.54) is 24.3 Å². The first kappa shape index (κ1) is 17.4. The second-order valence-electron chi connectivity index (χ2n) is 6.53. The molecular weight excluding hydrogens is 349 g/mol. The zero-order valence-corrected chi connectivity index (χ0v) is 14.7. The summed E-state index contributed by atoms with van der Waals surface area (Å²) >= 11 is 0. The molecule has 1 atom stereocenters. The van der Waals surface area contributed by atoms with E-state index in [0.717, 1.165) is 5.56 Å². The van der Waals surface area contributed by atoms with Gasteiger partial charge in [0.15, 0.2) is 5.82 Å². The molecule has 0 bridgehead atoms. The average Bonchev–Trinajstić information content (AvgIpc) is 2.67. The van der Waals surface area contributed by atoms with Crippen molar-refractivity contribution in [2.75, 3.05) is 24.7 Å². The normalized spacial score (nSPS) is 17.3. The van der Waals surface area contributed by atoms with E-state index in [1.807, 2.05) is 6.92 Å². The van der Waals surface area contributed by atoms with E-state index in [9.17, 15) is 14.3 Å². The Bertz CT molecular complexity index is 1010. The molecule has 138 valence electrons. The quantitative estimate of drug-likeness (QED) is 0.765. The highest BCUT2D eigenvalue weighted by Crippen LogP contribution is 2.32. The number of ether oxygens (including phenoxy) is 1. The number of rotatable bonds is 3. The number of nitrogens with zero attached hydrogens (tertiary/aromatic N) is 3. The summed E-state index contributed by atoms with van der Waals surface area (Å²) in [4.78, 5) is 22.9. The standard InChI is InChI=1S/C20H18FN3O3/c1-12-11-27-9-8-24(12)19-18(13-2-5-15(21)6-3-13)22-16-7-4-14(20(25)26)10-17(16)23-19/h2-7,10,12H,8-9,11H2,1H3,(H,25,26).